The van der Waals surface area contributed by atoms with Crippen LogP contribution in [0.25, 0.3) is 5.76 Å². The molecule has 1 fully saturated rings. The lowest BCUT2D eigenvalue weighted by molar-refractivity contribution is -0.140. The number of ether oxygens (including phenoxy) is 1. The molecule has 0 bridgehead atoms. The van der Waals surface area contributed by atoms with Crippen molar-refractivity contribution in [1.82, 2.24) is 4.90 Å². The molecule has 9 heteroatoms. The van der Waals surface area contributed by atoms with Gasteiger partial charge in [-0.1, -0.05) is 47.5 Å². The van der Waals surface area contributed by atoms with Gasteiger partial charge in [0.1, 0.15) is 11.6 Å². The summed E-state index contributed by atoms with van der Waals surface area (Å²) in [6, 6.07) is 15.2. The van der Waals surface area contributed by atoms with Crippen molar-refractivity contribution in [3.63, 3.8) is 0 Å². The number of halogens is 3. The lowest BCUT2D eigenvalue weighted by Crippen LogP contribution is -2.29. The predicted octanol–water partition coefficient (Wildman–Crippen LogP) is 6.61. The molecule has 0 radical (unpaired) electrons. The van der Waals surface area contributed by atoms with Crippen LogP contribution in [-0.2, 0) is 16.1 Å². The van der Waals surface area contributed by atoms with Gasteiger partial charge in [-0.15, -0.1) is 0 Å². The van der Waals surface area contributed by atoms with Gasteiger partial charge in [-0.25, -0.2) is 4.39 Å². The highest BCUT2D eigenvalue weighted by atomic mass is 35.5. The molecule has 1 amide bonds. The molecule has 0 aromatic heterocycles. The highest BCUT2D eigenvalue weighted by Gasteiger charge is 2.46. The number of likely N-dealkylation sites (tertiary alicyclic amines) is 1. The zero-order valence-electron chi connectivity index (χ0n) is 21.2. The topological polar surface area (TPSA) is 70.1 Å². The fourth-order valence-corrected chi connectivity index (χ4v) is 5.32. The van der Waals surface area contributed by atoms with Crippen LogP contribution >= 0.6 is 23.2 Å². The molecular weight excluding hydrogens is 530 g/mol. The minimum absolute atomic E-state index is 0.0359. The summed E-state index contributed by atoms with van der Waals surface area (Å²) in [7, 11) is 1.41. The van der Waals surface area contributed by atoms with Crippen LogP contribution in [0.1, 0.15) is 36.6 Å². The van der Waals surface area contributed by atoms with E-state index in [2.05, 4.69) is 18.7 Å². The molecule has 6 nitrogen and oxygen atoms in total. The van der Waals surface area contributed by atoms with Gasteiger partial charge in [0.2, 0.25) is 0 Å². The first-order valence-corrected chi connectivity index (χ1v) is 12.9. The minimum atomic E-state index is -0.898. The third-order valence-corrected chi connectivity index (χ3v) is 7.18. The minimum Gasteiger partial charge on any atom is -0.507 e. The van der Waals surface area contributed by atoms with E-state index in [1.165, 1.54) is 36.3 Å². The van der Waals surface area contributed by atoms with E-state index in [-0.39, 0.29) is 33.5 Å². The molecule has 3 aromatic carbocycles. The number of ketones is 1. The van der Waals surface area contributed by atoms with Crippen molar-refractivity contribution < 1.29 is 23.8 Å². The standard InChI is InChI=1S/C29H27Cl2FN2O4/c1-4-33(5-2)21-12-8-18(9-13-21)25-24(26(35)19-14-22(30)28(38-3)23(31)15-19)27(36)29(37)34(25)16-17-6-10-20(32)11-7-17/h6-15,25,35H,4-5,16H2,1-3H3/b26-24+. The van der Waals surface area contributed by atoms with Crippen molar-refractivity contribution in [2.45, 2.75) is 26.4 Å². The predicted molar refractivity (Wildman–Crippen MR) is 147 cm³/mol. The second-order valence-corrected chi connectivity index (χ2v) is 9.60. The Hall–Kier alpha value is -3.55. The quantitative estimate of drug-likeness (QED) is 0.192. The number of rotatable bonds is 8. The van der Waals surface area contributed by atoms with Gasteiger partial charge >= 0.3 is 0 Å². The SMILES string of the molecule is CCN(CC)c1ccc(C2/C(=C(\O)c3cc(Cl)c(OC)c(Cl)c3)C(=O)C(=O)N2Cc2ccc(F)cc2)cc1. The number of aliphatic hydroxyl groups excluding tert-OH is 1. The first kappa shape index (κ1) is 27.5. The fourth-order valence-electron chi connectivity index (χ4n) is 4.68. The zero-order chi connectivity index (χ0) is 27.6. The van der Waals surface area contributed by atoms with Gasteiger partial charge < -0.3 is 19.6 Å². The number of hydrogen-bond donors (Lipinski definition) is 1. The molecule has 1 atom stereocenters. The van der Waals surface area contributed by atoms with E-state index in [9.17, 15) is 19.1 Å². The van der Waals surface area contributed by atoms with Crippen molar-refractivity contribution in [2.24, 2.45) is 0 Å². The number of nitrogens with zero attached hydrogens (tertiary/aromatic N) is 2. The Balaban J connectivity index is 1.86. The van der Waals surface area contributed by atoms with Crippen molar-refractivity contribution in [2.75, 3.05) is 25.1 Å². The average Bonchev–Trinajstić information content (AvgIpc) is 3.15. The summed E-state index contributed by atoms with van der Waals surface area (Å²) < 4.78 is 18.7. The number of anilines is 1. The number of Topliss-reactive ketones (excluding diaryl/α,β-unsaturated/α-hetero) is 1. The third-order valence-electron chi connectivity index (χ3n) is 6.62. The average molecular weight is 557 g/mol. The van der Waals surface area contributed by atoms with E-state index < -0.39 is 29.3 Å². The van der Waals surface area contributed by atoms with Gasteiger partial charge in [-0.05, 0) is 61.4 Å². The molecule has 0 spiro atoms. The number of benzene rings is 3. The molecule has 0 aliphatic carbocycles. The molecule has 1 saturated heterocycles. The van der Waals surface area contributed by atoms with Crippen molar-refractivity contribution in [1.29, 1.82) is 0 Å². The van der Waals surface area contributed by atoms with Crippen LogP contribution < -0.4 is 9.64 Å². The summed E-state index contributed by atoms with van der Waals surface area (Å²) in [6.45, 7) is 5.78. The lowest BCUT2D eigenvalue weighted by atomic mass is 9.94. The Labute approximate surface area is 230 Å². The van der Waals surface area contributed by atoms with Gasteiger partial charge in [0.15, 0.2) is 5.75 Å². The van der Waals surface area contributed by atoms with Gasteiger partial charge in [0.25, 0.3) is 11.7 Å². The summed E-state index contributed by atoms with van der Waals surface area (Å²) in [5.74, 6) is -2.21. The Morgan fingerprint density at radius 3 is 2.11 bits per heavy atom. The number of aliphatic hydroxyl groups is 1. The maximum Gasteiger partial charge on any atom is 0.295 e. The molecule has 198 valence electrons. The maximum absolute atomic E-state index is 13.5. The zero-order valence-corrected chi connectivity index (χ0v) is 22.7. The van der Waals surface area contributed by atoms with E-state index in [4.69, 9.17) is 27.9 Å². The third kappa shape index (κ3) is 5.22. The van der Waals surface area contributed by atoms with E-state index in [1.807, 2.05) is 24.3 Å². The summed E-state index contributed by atoms with van der Waals surface area (Å²) in [5.41, 5.74) is 2.33. The molecule has 1 N–H and O–H groups in total. The largest absolute Gasteiger partial charge is 0.507 e. The van der Waals surface area contributed by atoms with Crippen LogP contribution in [0.3, 0.4) is 0 Å². The highest BCUT2D eigenvalue weighted by molar-refractivity contribution is 6.46. The monoisotopic (exact) mass is 556 g/mol. The Morgan fingerprint density at radius 1 is 1.00 bits per heavy atom. The Morgan fingerprint density at radius 2 is 1.58 bits per heavy atom. The lowest BCUT2D eigenvalue weighted by Gasteiger charge is -2.27. The number of amides is 1. The van der Waals surface area contributed by atoms with Crippen LogP contribution in [0.15, 0.2) is 66.2 Å². The molecule has 3 aromatic rings. The Kier molecular flexibility index (Phi) is 8.29. The van der Waals surface area contributed by atoms with E-state index >= 15 is 0 Å². The van der Waals surface area contributed by atoms with E-state index in [0.29, 0.717) is 11.1 Å². The first-order chi connectivity index (χ1) is 18.2. The molecule has 1 unspecified atom stereocenters. The van der Waals surface area contributed by atoms with Gasteiger partial charge in [0.05, 0.1) is 28.8 Å². The van der Waals surface area contributed by atoms with Crippen LogP contribution in [-0.4, -0.2) is 41.9 Å². The number of hydrogen-bond acceptors (Lipinski definition) is 5. The molecular formula is C29H27Cl2FN2O4. The van der Waals surface area contributed by atoms with Crippen molar-refractivity contribution >= 4 is 46.3 Å². The van der Waals surface area contributed by atoms with Crippen LogP contribution in [0, 0.1) is 5.82 Å². The summed E-state index contributed by atoms with van der Waals surface area (Å²) >= 11 is 12.6. The maximum atomic E-state index is 13.5. The second-order valence-electron chi connectivity index (χ2n) is 8.79. The van der Waals surface area contributed by atoms with Crippen molar-refractivity contribution in [3.8, 4) is 5.75 Å². The molecule has 1 aliphatic rings. The molecule has 1 heterocycles. The molecule has 0 saturated carbocycles. The first-order valence-electron chi connectivity index (χ1n) is 12.1. The van der Waals surface area contributed by atoms with E-state index in [1.54, 1.807) is 12.1 Å². The van der Waals surface area contributed by atoms with Crippen LogP contribution in [0.5, 0.6) is 5.75 Å². The van der Waals surface area contributed by atoms with Crippen molar-refractivity contribution in [3.05, 3.63) is 98.8 Å². The molecule has 4 rings (SSSR count). The number of methoxy groups -OCH3 is 1. The van der Waals surface area contributed by atoms with Gasteiger partial charge in [-0.2, -0.15) is 0 Å². The summed E-state index contributed by atoms with van der Waals surface area (Å²) in [6.07, 6.45) is 0. The second kappa shape index (κ2) is 11.5. The van der Waals surface area contributed by atoms with Crippen LogP contribution in [0.2, 0.25) is 10.0 Å². The summed E-state index contributed by atoms with van der Waals surface area (Å²) in [4.78, 5) is 30.2. The number of carbonyl (C=O) groups is 2. The van der Waals surface area contributed by atoms with E-state index in [0.717, 1.165) is 18.8 Å². The highest BCUT2D eigenvalue weighted by Crippen LogP contribution is 2.42. The fraction of sp³-hybridized carbons (Fsp3) is 0.241. The molecule has 38 heavy (non-hydrogen) atoms. The van der Waals surface area contributed by atoms with Gasteiger partial charge in [-0.3, -0.25) is 9.59 Å². The number of carbonyl (C=O) groups excluding carboxylic acids is 2. The van der Waals surface area contributed by atoms with Crippen LogP contribution in [0.4, 0.5) is 10.1 Å². The molecule has 1 aliphatic heterocycles. The van der Waals surface area contributed by atoms with Gasteiger partial charge in [0, 0.05) is 30.9 Å². The normalized spacial score (nSPS) is 16.7. The smallest absolute Gasteiger partial charge is 0.295 e. The Bertz CT molecular complexity index is 1360. The summed E-state index contributed by atoms with van der Waals surface area (Å²) in [5, 5.41) is 11.6.